The lowest BCUT2D eigenvalue weighted by Crippen LogP contribution is -2.29. The van der Waals surface area contributed by atoms with Crippen LogP contribution in [-0.4, -0.2) is 40.0 Å². The zero-order valence-corrected chi connectivity index (χ0v) is 11.7. The number of likely N-dealkylation sites (N-methyl/N-ethyl adjacent to an activating group) is 1. The van der Waals surface area contributed by atoms with Gasteiger partial charge in [0.15, 0.2) is 0 Å². The zero-order valence-electron chi connectivity index (χ0n) is 11.7. The molecule has 1 unspecified atom stereocenters. The molecule has 1 fully saturated rings. The van der Waals surface area contributed by atoms with Crippen molar-refractivity contribution in [2.75, 3.05) is 33.9 Å². The summed E-state index contributed by atoms with van der Waals surface area (Å²) in [5.74, 6) is 0.870. The van der Waals surface area contributed by atoms with Crippen LogP contribution in [0.25, 0.3) is 0 Å². The van der Waals surface area contributed by atoms with E-state index in [2.05, 4.69) is 11.4 Å². The lowest BCUT2D eigenvalue weighted by Gasteiger charge is -2.28. The number of hydrogen-bond donors (Lipinski definition) is 1. The number of rotatable bonds is 6. The van der Waals surface area contributed by atoms with Gasteiger partial charge in [0.05, 0.1) is 19.3 Å². The highest BCUT2D eigenvalue weighted by Crippen LogP contribution is 2.25. The Hall–Kier alpha value is -1.10. The highest BCUT2D eigenvalue weighted by Gasteiger charge is 2.20. The Bertz CT molecular complexity index is 377. The fourth-order valence-electron chi connectivity index (χ4n) is 2.32. The van der Waals surface area contributed by atoms with E-state index < -0.39 is 0 Å². The van der Waals surface area contributed by atoms with Gasteiger partial charge in [0, 0.05) is 19.8 Å². The van der Waals surface area contributed by atoms with E-state index in [1.54, 1.807) is 7.11 Å². The molecule has 4 nitrogen and oxygen atoms in total. The number of methoxy groups -OCH3 is 1. The Morgan fingerprint density at radius 3 is 2.84 bits per heavy atom. The van der Waals surface area contributed by atoms with Crippen LogP contribution in [0.5, 0.6) is 5.75 Å². The van der Waals surface area contributed by atoms with E-state index in [0.29, 0.717) is 6.10 Å². The molecular formula is C15H23NO3. The summed E-state index contributed by atoms with van der Waals surface area (Å²) in [5, 5.41) is 3.20. The molecule has 1 saturated heterocycles. The van der Waals surface area contributed by atoms with E-state index in [-0.39, 0.29) is 6.10 Å². The Morgan fingerprint density at radius 2 is 2.16 bits per heavy atom. The van der Waals surface area contributed by atoms with Gasteiger partial charge in [-0.25, -0.2) is 0 Å². The molecule has 1 aromatic rings. The second-order valence-electron chi connectivity index (χ2n) is 4.77. The molecule has 1 atom stereocenters. The van der Waals surface area contributed by atoms with Crippen molar-refractivity contribution in [3.63, 3.8) is 0 Å². The van der Waals surface area contributed by atoms with Crippen molar-refractivity contribution in [1.82, 2.24) is 5.32 Å². The van der Waals surface area contributed by atoms with Gasteiger partial charge in [0.2, 0.25) is 0 Å². The molecule has 1 aliphatic rings. The van der Waals surface area contributed by atoms with Crippen LogP contribution < -0.4 is 10.1 Å². The highest BCUT2D eigenvalue weighted by molar-refractivity contribution is 5.30. The van der Waals surface area contributed by atoms with Gasteiger partial charge in [0.1, 0.15) is 5.75 Å². The summed E-state index contributed by atoms with van der Waals surface area (Å²) in [7, 11) is 3.63. The first-order valence-electron chi connectivity index (χ1n) is 6.85. The Labute approximate surface area is 115 Å². The van der Waals surface area contributed by atoms with Gasteiger partial charge in [-0.2, -0.15) is 0 Å². The molecule has 0 aliphatic carbocycles. The molecule has 0 aromatic heterocycles. The summed E-state index contributed by atoms with van der Waals surface area (Å²) in [6.45, 7) is 2.40. The maximum absolute atomic E-state index is 6.22. The van der Waals surface area contributed by atoms with Gasteiger partial charge < -0.3 is 19.5 Å². The fraction of sp³-hybridized carbons (Fsp3) is 0.600. The fourth-order valence-corrected chi connectivity index (χ4v) is 2.32. The third kappa shape index (κ3) is 4.20. The lowest BCUT2D eigenvalue weighted by molar-refractivity contribution is -0.0684. The second kappa shape index (κ2) is 7.48. The van der Waals surface area contributed by atoms with Crippen molar-refractivity contribution in [3.05, 3.63) is 29.8 Å². The zero-order chi connectivity index (χ0) is 13.5. The minimum absolute atomic E-state index is 0.0585. The molecule has 4 heteroatoms. The molecule has 0 saturated carbocycles. The maximum Gasteiger partial charge on any atom is 0.119 e. The molecule has 2 rings (SSSR count). The van der Waals surface area contributed by atoms with Crippen LogP contribution in [0.2, 0.25) is 0 Å². The van der Waals surface area contributed by atoms with E-state index in [0.717, 1.165) is 43.9 Å². The molecule has 106 valence electrons. The molecule has 0 spiro atoms. The first kappa shape index (κ1) is 14.3. The molecule has 1 N–H and O–H groups in total. The minimum Gasteiger partial charge on any atom is -0.497 e. The molecule has 0 radical (unpaired) electrons. The molecule has 1 aliphatic heterocycles. The summed E-state index contributed by atoms with van der Waals surface area (Å²) in [4.78, 5) is 0. The Morgan fingerprint density at radius 1 is 1.37 bits per heavy atom. The summed E-state index contributed by atoms with van der Waals surface area (Å²) in [5.41, 5.74) is 1.15. The summed E-state index contributed by atoms with van der Waals surface area (Å²) in [6.07, 6.45) is 2.30. The third-order valence-corrected chi connectivity index (χ3v) is 3.38. The van der Waals surface area contributed by atoms with Crippen molar-refractivity contribution >= 4 is 0 Å². The molecule has 1 heterocycles. The summed E-state index contributed by atoms with van der Waals surface area (Å²) in [6, 6.07) is 8.09. The topological polar surface area (TPSA) is 39.7 Å². The predicted molar refractivity (Wildman–Crippen MR) is 74.6 cm³/mol. The Kier molecular flexibility index (Phi) is 5.63. The van der Waals surface area contributed by atoms with Crippen LogP contribution in [0.15, 0.2) is 24.3 Å². The summed E-state index contributed by atoms with van der Waals surface area (Å²) < 4.78 is 16.9. The van der Waals surface area contributed by atoms with Gasteiger partial charge in [-0.15, -0.1) is 0 Å². The molecule has 19 heavy (non-hydrogen) atoms. The van der Waals surface area contributed by atoms with E-state index >= 15 is 0 Å². The first-order valence-corrected chi connectivity index (χ1v) is 6.85. The third-order valence-electron chi connectivity index (χ3n) is 3.38. The molecule has 0 amide bonds. The van der Waals surface area contributed by atoms with E-state index in [9.17, 15) is 0 Å². The lowest BCUT2D eigenvalue weighted by atomic mass is 10.1. The van der Waals surface area contributed by atoms with Crippen molar-refractivity contribution in [2.45, 2.75) is 25.0 Å². The van der Waals surface area contributed by atoms with Crippen LogP contribution >= 0.6 is 0 Å². The molecular weight excluding hydrogens is 242 g/mol. The average Bonchev–Trinajstić information content (AvgIpc) is 2.48. The average molecular weight is 265 g/mol. The van der Waals surface area contributed by atoms with Crippen LogP contribution in [-0.2, 0) is 9.47 Å². The SMILES string of the molecule is CNCC(OC1CCOCC1)c1cccc(OC)c1. The number of ether oxygens (including phenoxy) is 3. The largest absolute Gasteiger partial charge is 0.497 e. The first-order chi connectivity index (χ1) is 9.33. The van der Waals surface area contributed by atoms with Gasteiger partial charge >= 0.3 is 0 Å². The van der Waals surface area contributed by atoms with Crippen LogP contribution in [0.4, 0.5) is 0 Å². The van der Waals surface area contributed by atoms with E-state index in [1.807, 2.05) is 25.2 Å². The predicted octanol–water partition coefficient (Wildman–Crippen LogP) is 2.15. The smallest absolute Gasteiger partial charge is 0.119 e. The van der Waals surface area contributed by atoms with Gasteiger partial charge in [0.25, 0.3) is 0 Å². The quantitative estimate of drug-likeness (QED) is 0.855. The van der Waals surface area contributed by atoms with Crippen molar-refractivity contribution in [2.24, 2.45) is 0 Å². The van der Waals surface area contributed by atoms with Gasteiger partial charge in [-0.1, -0.05) is 12.1 Å². The van der Waals surface area contributed by atoms with Crippen molar-refractivity contribution in [1.29, 1.82) is 0 Å². The van der Waals surface area contributed by atoms with Crippen molar-refractivity contribution in [3.8, 4) is 5.75 Å². The monoisotopic (exact) mass is 265 g/mol. The highest BCUT2D eigenvalue weighted by atomic mass is 16.5. The number of nitrogens with one attached hydrogen (secondary N) is 1. The molecule has 1 aromatic carbocycles. The van der Waals surface area contributed by atoms with E-state index in [1.165, 1.54) is 0 Å². The second-order valence-corrected chi connectivity index (χ2v) is 4.77. The van der Waals surface area contributed by atoms with Crippen LogP contribution in [0.1, 0.15) is 24.5 Å². The van der Waals surface area contributed by atoms with Crippen LogP contribution in [0.3, 0.4) is 0 Å². The number of hydrogen-bond acceptors (Lipinski definition) is 4. The molecule has 0 bridgehead atoms. The minimum atomic E-state index is 0.0585. The maximum atomic E-state index is 6.22. The summed E-state index contributed by atoms with van der Waals surface area (Å²) >= 11 is 0. The number of benzene rings is 1. The Balaban J connectivity index is 2.04. The van der Waals surface area contributed by atoms with Gasteiger partial charge in [-0.3, -0.25) is 0 Å². The van der Waals surface area contributed by atoms with Gasteiger partial charge in [-0.05, 0) is 37.6 Å². The van der Waals surface area contributed by atoms with E-state index in [4.69, 9.17) is 14.2 Å². The van der Waals surface area contributed by atoms with Crippen LogP contribution in [0, 0.1) is 0 Å². The van der Waals surface area contributed by atoms with Crippen molar-refractivity contribution < 1.29 is 14.2 Å². The normalized spacial score (nSPS) is 18.2. The standard InChI is InChI=1S/C15H23NO3/c1-16-11-15(19-13-6-8-18-9-7-13)12-4-3-5-14(10-12)17-2/h3-5,10,13,15-16H,6-9,11H2,1-2H3.